The van der Waals surface area contributed by atoms with Crippen LogP contribution in [-0.2, 0) is 6.54 Å². The number of benzene rings is 1. The van der Waals surface area contributed by atoms with E-state index in [0.717, 1.165) is 17.4 Å². The third-order valence-corrected chi connectivity index (χ3v) is 3.99. The van der Waals surface area contributed by atoms with E-state index in [1.165, 1.54) is 12.1 Å². The Labute approximate surface area is 138 Å². The fourth-order valence-corrected chi connectivity index (χ4v) is 2.71. The van der Waals surface area contributed by atoms with Crippen molar-refractivity contribution in [1.82, 2.24) is 14.3 Å². The second-order valence-electron chi connectivity index (χ2n) is 5.12. The van der Waals surface area contributed by atoms with Gasteiger partial charge in [0, 0.05) is 12.7 Å². The Morgan fingerprint density at radius 3 is 2.91 bits per heavy atom. The third kappa shape index (κ3) is 3.05. The van der Waals surface area contributed by atoms with Gasteiger partial charge in [0.05, 0.1) is 29.0 Å². The molecule has 3 rings (SSSR count). The molecule has 0 spiro atoms. The van der Waals surface area contributed by atoms with Crippen molar-refractivity contribution in [3.05, 3.63) is 70.9 Å². The fourth-order valence-electron chi connectivity index (χ4n) is 2.46. The molecule has 2 aromatic heterocycles. The number of halogens is 2. The minimum absolute atomic E-state index is 0.117. The number of fused-ring (bicyclic) bond motifs is 1. The van der Waals surface area contributed by atoms with Gasteiger partial charge in [-0.15, -0.1) is 0 Å². The number of imidazole rings is 1. The summed E-state index contributed by atoms with van der Waals surface area (Å²) >= 11 is 6.00. The molecule has 0 unspecified atom stereocenters. The number of rotatable bonds is 4. The van der Waals surface area contributed by atoms with Gasteiger partial charge in [0.15, 0.2) is 0 Å². The second kappa shape index (κ2) is 6.38. The lowest BCUT2D eigenvalue weighted by molar-refractivity contribution is 0.0750. The van der Waals surface area contributed by atoms with E-state index < -0.39 is 5.82 Å². The van der Waals surface area contributed by atoms with Crippen LogP contribution in [0.25, 0.3) is 5.65 Å². The maximum absolute atomic E-state index is 13.2. The number of carbonyl (C=O) groups is 1. The molecule has 0 N–H and O–H groups in total. The molecule has 6 heteroatoms. The maximum Gasteiger partial charge on any atom is 0.255 e. The lowest BCUT2D eigenvalue weighted by Gasteiger charge is -2.21. The summed E-state index contributed by atoms with van der Waals surface area (Å²) in [6.45, 7) is 2.79. The van der Waals surface area contributed by atoms with Gasteiger partial charge in [0.2, 0.25) is 0 Å². The zero-order chi connectivity index (χ0) is 16.4. The van der Waals surface area contributed by atoms with Gasteiger partial charge in [-0.2, -0.15) is 0 Å². The predicted molar refractivity (Wildman–Crippen MR) is 87.0 cm³/mol. The van der Waals surface area contributed by atoms with Crippen molar-refractivity contribution in [3.8, 4) is 0 Å². The number of amides is 1. The monoisotopic (exact) mass is 331 g/mol. The third-order valence-electron chi connectivity index (χ3n) is 3.68. The average Bonchev–Trinajstić information content (AvgIpc) is 2.95. The molecule has 3 aromatic rings. The van der Waals surface area contributed by atoms with Crippen LogP contribution in [0.5, 0.6) is 0 Å². The number of nitrogens with zero attached hydrogens (tertiary/aromatic N) is 3. The maximum atomic E-state index is 13.2. The van der Waals surface area contributed by atoms with Gasteiger partial charge in [-0.1, -0.05) is 17.7 Å². The van der Waals surface area contributed by atoms with Gasteiger partial charge in [-0.25, -0.2) is 9.37 Å². The van der Waals surface area contributed by atoms with E-state index in [9.17, 15) is 9.18 Å². The molecule has 23 heavy (non-hydrogen) atoms. The Morgan fingerprint density at radius 1 is 1.35 bits per heavy atom. The van der Waals surface area contributed by atoms with Gasteiger partial charge in [-0.3, -0.25) is 4.79 Å². The molecule has 0 saturated carbocycles. The number of hydrogen-bond donors (Lipinski definition) is 0. The molecule has 118 valence electrons. The molecule has 0 atom stereocenters. The highest BCUT2D eigenvalue weighted by Crippen LogP contribution is 2.20. The first kappa shape index (κ1) is 15.5. The van der Waals surface area contributed by atoms with E-state index >= 15 is 0 Å². The van der Waals surface area contributed by atoms with Crippen LogP contribution in [0.4, 0.5) is 4.39 Å². The Balaban J connectivity index is 1.89. The van der Waals surface area contributed by atoms with Crippen LogP contribution in [0.3, 0.4) is 0 Å². The summed E-state index contributed by atoms with van der Waals surface area (Å²) in [5.74, 6) is -0.695. The van der Waals surface area contributed by atoms with Crippen LogP contribution in [0, 0.1) is 5.82 Å². The second-order valence-corrected chi connectivity index (χ2v) is 5.53. The molecular weight excluding hydrogens is 317 g/mol. The van der Waals surface area contributed by atoms with E-state index in [0.29, 0.717) is 18.7 Å². The molecule has 0 radical (unpaired) electrons. The van der Waals surface area contributed by atoms with Crippen molar-refractivity contribution in [2.45, 2.75) is 13.5 Å². The summed E-state index contributed by atoms with van der Waals surface area (Å²) < 4.78 is 15.1. The largest absolute Gasteiger partial charge is 0.333 e. The van der Waals surface area contributed by atoms with E-state index in [2.05, 4.69) is 4.98 Å². The summed E-state index contributed by atoms with van der Waals surface area (Å²) in [7, 11) is 0. The number of pyridine rings is 1. The van der Waals surface area contributed by atoms with Gasteiger partial charge in [-0.05, 0) is 37.3 Å². The number of carbonyl (C=O) groups excluding carboxylic acids is 1. The van der Waals surface area contributed by atoms with Gasteiger partial charge >= 0.3 is 0 Å². The lowest BCUT2D eigenvalue weighted by Crippen LogP contribution is -2.31. The molecule has 0 saturated heterocycles. The minimum Gasteiger partial charge on any atom is -0.333 e. The smallest absolute Gasteiger partial charge is 0.255 e. The van der Waals surface area contributed by atoms with Crippen LogP contribution in [0.1, 0.15) is 23.0 Å². The van der Waals surface area contributed by atoms with Crippen LogP contribution in [0.2, 0.25) is 5.02 Å². The normalized spacial score (nSPS) is 10.9. The molecule has 0 aliphatic carbocycles. The molecule has 0 aliphatic rings. The highest BCUT2D eigenvalue weighted by molar-refractivity contribution is 6.33. The predicted octanol–water partition coefficient (Wildman–Crippen LogP) is 3.79. The number of aromatic nitrogens is 2. The Bertz CT molecular complexity index is 862. The Morgan fingerprint density at radius 2 is 2.17 bits per heavy atom. The van der Waals surface area contributed by atoms with Crippen LogP contribution in [0.15, 0.2) is 48.8 Å². The molecule has 2 heterocycles. The summed E-state index contributed by atoms with van der Waals surface area (Å²) in [5.41, 5.74) is 2.02. The molecular formula is C17H15ClFN3O. The van der Waals surface area contributed by atoms with E-state index in [-0.39, 0.29) is 10.9 Å². The van der Waals surface area contributed by atoms with E-state index in [4.69, 9.17) is 11.6 Å². The van der Waals surface area contributed by atoms with Crippen molar-refractivity contribution in [1.29, 1.82) is 0 Å². The SMILES string of the molecule is CCN(Cc1cnc2ccccn12)C(=O)c1ccc(F)cc1Cl. The van der Waals surface area contributed by atoms with E-state index in [1.54, 1.807) is 11.1 Å². The number of hydrogen-bond acceptors (Lipinski definition) is 2. The van der Waals surface area contributed by atoms with Crippen molar-refractivity contribution in [3.63, 3.8) is 0 Å². The van der Waals surface area contributed by atoms with Crippen molar-refractivity contribution in [2.75, 3.05) is 6.54 Å². The first-order valence-corrected chi connectivity index (χ1v) is 7.63. The van der Waals surface area contributed by atoms with Crippen LogP contribution in [-0.4, -0.2) is 26.7 Å². The molecule has 4 nitrogen and oxygen atoms in total. The van der Waals surface area contributed by atoms with Crippen LogP contribution < -0.4 is 0 Å². The van der Waals surface area contributed by atoms with Gasteiger partial charge in [0.25, 0.3) is 5.91 Å². The first-order chi connectivity index (χ1) is 11.1. The standard InChI is InChI=1S/C17H15ClFN3O/c1-2-21(17(23)14-7-6-12(19)9-15(14)18)11-13-10-20-16-5-3-4-8-22(13)16/h3-10H,2,11H2,1H3. The summed E-state index contributed by atoms with van der Waals surface area (Å²) in [6, 6.07) is 9.52. The lowest BCUT2D eigenvalue weighted by atomic mass is 10.2. The van der Waals surface area contributed by atoms with E-state index in [1.807, 2.05) is 35.7 Å². The Kier molecular flexibility index (Phi) is 4.30. The molecule has 0 bridgehead atoms. The topological polar surface area (TPSA) is 37.6 Å². The summed E-state index contributed by atoms with van der Waals surface area (Å²) in [5, 5.41) is 0.117. The van der Waals surface area contributed by atoms with Gasteiger partial charge < -0.3 is 9.30 Å². The molecule has 1 aromatic carbocycles. The first-order valence-electron chi connectivity index (χ1n) is 7.25. The average molecular weight is 332 g/mol. The summed E-state index contributed by atoms with van der Waals surface area (Å²) in [6.07, 6.45) is 3.65. The van der Waals surface area contributed by atoms with Crippen molar-refractivity contribution in [2.24, 2.45) is 0 Å². The zero-order valence-electron chi connectivity index (χ0n) is 12.5. The highest BCUT2D eigenvalue weighted by Gasteiger charge is 2.19. The Hall–Kier alpha value is -2.40. The molecule has 0 fully saturated rings. The minimum atomic E-state index is -0.462. The molecule has 0 aliphatic heterocycles. The van der Waals surface area contributed by atoms with Crippen LogP contribution >= 0.6 is 11.6 Å². The van der Waals surface area contributed by atoms with Crippen molar-refractivity contribution >= 4 is 23.2 Å². The van der Waals surface area contributed by atoms with Gasteiger partial charge in [0.1, 0.15) is 11.5 Å². The van der Waals surface area contributed by atoms with Crippen molar-refractivity contribution < 1.29 is 9.18 Å². The highest BCUT2D eigenvalue weighted by atomic mass is 35.5. The summed E-state index contributed by atoms with van der Waals surface area (Å²) in [4.78, 5) is 18.6. The zero-order valence-corrected chi connectivity index (χ0v) is 13.3. The molecule has 1 amide bonds. The quantitative estimate of drug-likeness (QED) is 0.729. The fraction of sp³-hybridized carbons (Fsp3) is 0.176.